The Bertz CT molecular complexity index is 543. The lowest BCUT2D eigenvalue weighted by Gasteiger charge is -2.25. The number of carboxylic acids is 1. The van der Waals surface area contributed by atoms with Crippen molar-refractivity contribution in [3.63, 3.8) is 0 Å². The lowest BCUT2D eigenvalue weighted by molar-refractivity contribution is -0.144. The van der Waals surface area contributed by atoms with Gasteiger partial charge in [-0.2, -0.15) is 13.2 Å². The van der Waals surface area contributed by atoms with Gasteiger partial charge in [0.1, 0.15) is 5.54 Å². The number of hydrogen-bond donors (Lipinski definition) is 2. The van der Waals surface area contributed by atoms with Crippen LogP contribution < -0.4 is 5.32 Å². The van der Waals surface area contributed by atoms with E-state index in [2.05, 4.69) is 5.32 Å². The lowest BCUT2D eigenvalue weighted by atomic mass is 9.95. The third-order valence-electron chi connectivity index (χ3n) is 3.06. The summed E-state index contributed by atoms with van der Waals surface area (Å²) >= 11 is 0. The number of rotatable bonds is 5. The Kier molecular flexibility index (Phi) is 4.98. The molecular weight excluding hydrogens is 287 g/mol. The Balaban J connectivity index is 3.01. The third kappa shape index (κ3) is 4.21. The normalized spacial score (nSPS) is 14.3. The number of aliphatic carboxylic acids is 1. The second kappa shape index (κ2) is 6.15. The predicted octanol–water partition coefficient (Wildman–Crippen LogP) is 3.08. The number of alkyl halides is 3. The molecule has 1 aromatic carbocycles. The van der Waals surface area contributed by atoms with Crippen molar-refractivity contribution in [2.45, 2.75) is 38.4 Å². The third-order valence-corrected chi connectivity index (χ3v) is 3.06. The zero-order valence-corrected chi connectivity index (χ0v) is 11.6. The van der Waals surface area contributed by atoms with Crippen molar-refractivity contribution in [3.05, 3.63) is 35.4 Å². The fourth-order valence-corrected chi connectivity index (χ4v) is 1.88. The van der Waals surface area contributed by atoms with Crippen molar-refractivity contribution in [1.29, 1.82) is 0 Å². The van der Waals surface area contributed by atoms with Crippen molar-refractivity contribution < 1.29 is 27.9 Å². The Morgan fingerprint density at radius 2 is 1.90 bits per heavy atom. The van der Waals surface area contributed by atoms with Crippen molar-refractivity contribution in [2.75, 3.05) is 0 Å². The molecule has 1 aromatic rings. The molecule has 7 heteroatoms. The van der Waals surface area contributed by atoms with Gasteiger partial charge in [0.25, 0.3) is 5.91 Å². The zero-order valence-electron chi connectivity index (χ0n) is 11.6. The topological polar surface area (TPSA) is 66.4 Å². The van der Waals surface area contributed by atoms with Gasteiger partial charge in [-0.3, -0.25) is 4.79 Å². The average molecular weight is 303 g/mol. The molecule has 0 aliphatic heterocycles. The number of hydrogen-bond acceptors (Lipinski definition) is 2. The summed E-state index contributed by atoms with van der Waals surface area (Å²) in [5.41, 5.74) is -2.70. The molecule has 0 heterocycles. The first kappa shape index (κ1) is 17.0. The molecule has 2 N–H and O–H groups in total. The SMILES string of the molecule is CCCC(C)(NC(=O)c1cccc(C(F)(F)F)c1)C(=O)O. The van der Waals surface area contributed by atoms with Crippen LogP contribution in [0.1, 0.15) is 42.6 Å². The van der Waals surface area contributed by atoms with Crippen LogP contribution in [0.25, 0.3) is 0 Å². The van der Waals surface area contributed by atoms with E-state index in [9.17, 15) is 22.8 Å². The maximum absolute atomic E-state index is 12.6. The Morgan fingerprint density at radius 3 is 2.38 bits per heavy atom. The van der Waals surface area contributed by atoms with Crippen LogP contribution in [0.4, 0.5) is 13.2 Å². The van der Waals surface area contributed by atoms with Crippen LogP contribution in [-0.4, -0.2) is 22.5 Å². The molecule has 0 aromatic heterocycles. The monoisotopic (exact) mass is 303 g/mol. The number of amides is 1. The summed E-state index contributed by atoms with van der Waals surface area (Å²) < 4.78 is 37.8. The molecule has 1 unspecified atom stereocenters. The number of carbonyl (C=O) groups is 2. The maximum Gasteiger partial charge on any atom is 0.416 e. The van der Waals surface area contributed by atoms with Crippen LogP contribution in [0.15, 0.2) is 24.3 Å². The summed E-state index contributed by atoms with van der Waals surface area (Å²) in [6, 6.07) is 3.86. The molecule has 0 aliphatic carbocycles. The largest absolute Gasteiger partial charge is 0.480 e. The molecule has 0 saturated heterocycles. The van der Waals surface area contributed by atoms with Gasteiger partial charge in [0.15, 0.2) is 0 Å². The van der Waals surface area contributed by atoms with Gasteiger partial charge in [0.2, 0.25) is 0 Å². The number of carbonyl (C=O) groups excluding carboxylic acids is 1. The number of nitrogens with one attached hydrogen (secondary N) is 1. The van der Waals surface area contributed by atoms with Crippen molar-refractivity contribution in [1.82, 2.24) is 5.32 Å². The van der Waals surface area contributed by atoms with Crippen LogP contribution in [0.2, 0.25) is 0 Å². The van der Waals surface area contributed by atoms with Crippen LogP contribution in [0.3, 0.4) is 0 Å². The molecule has 0 fully saturated rings. The second-order valence-corrected chi connectivity index (χ2v) is 4.92. The zero-order chi connectivity index (χ0) is 16.3. The number of benzene rings is 1. The second-order valence-electron chi connectivity index (χ2n) is 4.92. The molecule has 116 valence electrons. The van der Waals surface area contributed by atoms with Crippen LogP contribution in [0.5, 0.6) is 0 Å². The van der Waals surface area contributed by atoms with E-state index in [0.29, 0.717) is 12.5 Å². The summed E-state index contributed by atoms with van der Waals surface area (Å²) in [6.07, 6.45) is -3.88. The minimum atomic E-state index is -4.56. The van der Waals surface area contributed by atoms with Gasteiger partial charge in [-0.15, -0.1) is 0 Å². The van der Waals surface area contributed by atoms with Crippen LogP contribution in [0, 0.1) is 0 Å². The molecule has 0 saturated carbocycles. The van der Waals surface area contributed by atoms with E-state index >= 15 is 0 Å². The van der Waals surface area contributed by atoms with E-state index in [1.165, 1.54) is 13.0 Å². The van der Waals surface area contributed by atoms with E-state index in [4.69, 9.17) is 5.11 Å². The first-order valence-corrected chi connectivity index (χ1v) is 6.33. The highest BCUT2D eigenvalue weighted by molar-refractivity contribution is 5.97. The molecule has 0 bridgehead atoms. The molecule has 0 aliphatic rings. The van der Waals surface area contributed by atoms with Gasteiger partial charge in [-0.05, 0) is 31.5 Å². The summed E-state index contributed by atoms with van der Waals surface area (Å²) in [6.45, 7) is 3.07. The smallest absolute Gasteiger partial charge is 0.416 e. The van der Waals surface area contributed by atoms with Crippen LogP contribution >= 0.6 is 0 Å². The Hall–Kier alpha value is -2.05. The minimum absolute atomic E-state index is 0.174. The molecule has 1 atom stereocenters. The van der Waals surface area contributed by atoms with Gasteiger partial charge in [-0.25, -0.2) is 4.79 Å². The van der Waals surface area contributed by atoms with Crippen molar-refractivity contribution in [2.24, 2.45) is 0 Å². The molecule has 0 spiro atoms. The summed E-state index contributed by atoms with van der Waals surface area (Å²) in [7, 11) is 0. The van der Waals surface area contributed by atoms with Gasteiger partial charge >= 0.3 is 12.1 Å². The van der Waals surface area contributed by atoms with E-state index in [-0.39, 0.29) is 12.0 Å². The standard InChI is InChI=1S/C14H16F3NO3/c1-3-7-13(2,12(20)21)18-11(19)9-5-4-6-10(8-9)14(15,16)17/h4-6,8H,3,7H2,1-2H3,(H,18,19)(H,20,21). The van der Waals surface area contributed by atoms with E-state index in [0.717, 1.165) is 12.1 Å². The highest BCUT2D eigenvalue weighted by Gasteiger charge is 2.35. The van der Waals surface area contributed by atoms with E-state index in [1.54, 1.807) is 6.92 Å². The number of halogens is 3. The van der Waals surface area contributed by atoms with Crippen molar-refractivity contribution >= 4 is 11.9 Å². The van der Waals surface area contributed by atoms with Crippen molar-refractivity contribution in [3.8, 4) is 0 Å². The molecule has 4 nitrogen and oxygen atoms in total. The lowest BCUT2D eigenvalue weighted by Crippen LogP contribution is -2.52. The minimum Gasteiger partial charge on any atom is -0.480 e. The Morgan fingerprint density at radius 1 is 1.29 bits per heavy atom. The summed E-state index contributed by atoms with van der Waals surface area (Å²) in [5.74, 6) is -2.08. The molecule has 0 radical (unpaired) electrons. The maximum atomic E-state index is 12.6. The highest BCUT2D eigenvalue weighted by atomic mass is 19.4. The van der Waals surface area contributed by atoms with Gasteiger partial charge in [-0.1, -0.05) is 19.4 Å². The Labute approximate surface area is 120 Å². The quantitative estimate of drug-likeness (QED) is 0.878. The average Bonchev–Trinajstić information content (AvgIpc) is 2.38. The summed E-state index contributed by atoms with van der Waals surface area (Å²) in [4.78, 5) is 23.2. The van der Waals surface area contributed by atoms with Gasteiger partial charge in [0, 0.05) is 5.56 Å². The first-order valence-electron chi connectivity index (χ1n) is 6.33. The van der Waals surface area contributed by atoms with E-state index < -0.39 is 29.2 Å². The van der Waals surface area contributed by atoms with Gasteiger partial charge in [0.05, 0.1) is 5.56 Å². The summed E-state index contributed by atoms with van der Waals surface area (Å²) in [5, 5.41) is 11.4. The molecular formula is C14H16F3NO3. The fraction of sp³-hybridized carbons (Fsp3) is 0.429. The highest BCUT2D eigenvalue weighted by Crippen LogP contribution is 2.29. The fourth-order valence-electron chi connectivity index (χ4n) is 1.88. The van der Waals surface area contributed by atoms with E-state index in [1.807, 2.05) is 0 Å². The molecule has 21 heavy (non-hydrogen) atoms. The van der Waals surface area contributed by atoms with Gasteiger partial charge < -0.3 is 10.4 Å². The number of carboxylic acid groups (broad SMARTS) is 1. The molecule has 1 amide bonds. The molecule has 1 rings (SSSR count). The first-order chi connectivity index (χ1) is 9.60. The predicted molar refractivity (Wildman–Crippen MR) is 69.9 cm³/mol. The van der Waals surface area contributed by atoms with Crippen LogP contribution in [-0.2, 0) is 11.0 Å².